The van der Waals surface area contributed by atoms with E-state index in [9.17, 15) is 14.7 Å². The monoisotopic (exact) mass is 351 g/mol. The number of carbonyl (C=O) groups is 2. The highest BCUT2D eigenvalue weighted by Gasteiger charge is 2.28. The molecule has 2 rings (SSSR count). The van der Waals surface area contributed by atoms with Crippen LogP contribution in [0.15, 0.2) is 6.33 Å². The van der Waals surface area contributed by atoms with E-state index in [0.29, 0.717) is 39.6 Å². The molecule has 2 atom stereocenters. The molecule has 8 heteroatoms. The normalized spacial score (nSPS) is 13.5. The smallest absolute Gasteiger partial charge is 0.326 e. The van der Waals surface area contributed by atoms with E-state index in [1.807, 2.05) is 13.8 Å². The van der Waals surface area contributed by atoms with Crippen LogP contribution >= 0.6 is 11.3 Å². The maximum atomic E-state index is 12.6. The third-order valence-electron chi connectivity index (χ3n) is 3.94. The number of rotatable bonds is 7. The van der Waals surface area contributed by atoms with Gasteiger partial charge in [-0.15, -0.1) is 11.3 Å². The van der Waals surface area contributed by atoms with Crippen molar-refractivity contribution >= 4 is 33.4 Å². The van der Waals surface area contributed by atoms with Crippen molar-refractivity contribution in [1.29, 1.82) is 0 Å². The fourth-order valence-electron chi connectivity index (χ4n) is 2.39. The van der Waals surface area contributed by atoms with Gasteiger partial charge in [0.25, 0.3) is 5.91 Å². The van der Waals surface area contributed by atoms with Gasteiger partial charge < -0.3 is 15.2 Å². The van der Waals surface area contributed by atoms with E-state index in [2.05, 4.69) is 15.3 Å². The van der Waals surface area contributed by atoms with E-state index in [-0.39, 0.29) is 5.92 Å². The predicted octanol–water partition coefficient (Wildman–Crippen LogP) is 2.63. The minimum atomic E-state index is -1.04. The van der Waals surface area contributed by atoms with Crippen LogP contribution in [0.2, 0.25) is 0 Å². The Bertz CT molecular complexity index is 759. The summed E-state index contributed by atoms with van der Waals surface area (Å²) in [7, 11) is 0. The zero-order valence-electron chi connectivity index (χ0n) is 14.1. The second kappa shape index (κ2) is 7.57. The number of ether oxygens (including phenoxy) is 1. The first-order valence-corrected chi connectivity index (χ1v) is 8.62. The number of aryl methyl sites for hydroxylation is 1. The van der Waals surface area contributed by atoms with Crippen molar-refractivity contribution in [2.75, 3.05) is 6.61 Å². The molecule has 0 saturated carbocycles. The SMILES string of the molecule is CCOc1ncnc2sc(C(=O)NC(C(=O)O)C(C)CC)c(C)c12. The Morgan fingerprint density at radius 1 is 1.38 bits per heavy atom. The predicted molar refractivity (Wildman–Crippen MR) is 91.7 cm³/mol. The van der Waals surface area contributed by atoms with Crippen LogP contribution < -0.4 is 10.1 Å². The van der Waals surface area contributed by atoms with E-state index in [0.717, 1.165) is 0 Å². The van der Waals surface area contributed by atoms with Crippen molar-refractivity contribution in [3.8, 4) is 5.88 Å². The van der Waals surface area contributed by atoms with Crippen LogP contribution in [0.4, 0.5) is 0 Å². The number of aliphatic carboxylic acids is 1. The summed E-state index contributed by atoms with van der Waals surface area (Å²) in [6.45, 7) is 7.79. The molecule has 0 saturated heterocycles. The summed E-state index contributed by atoms with van der Waals surface area (Å²) in [4.78, 5) is 33.4. The highest BCUT2D eigenvalue weighted by atomic mass is 32.1. The highest BCUT2D eigenvalue weighted by Crippen LogP contribution is 2.34. The Hall–Kier alpha value is -2.22. The molecule has 0 aliphatic carbocycles. The standard InChI is InChI=1S/C16H21N3O4S/c1-5-8(3)11(16(21)22)19-13(20)12-9(4)10-14(23-6-2)17-7-18-15(10)24-12/h7-8,11H,5-6H2,1-4H3,(H,19,20)(H,21,22). The van der Waals surface area contributed by atoms with Crippen molar-refractivity contribution in [2.45, 2.75) is 40.2 Å². The first kappa shape index (κ1) is 18.1. The summed E-state index contributed by atoms with van der Waals surface area (Å²) in [5.41, 5.74) is 0.699. The molecule has 0 fully saturated rings. The number of thiophene rings is 1. The Kier molecular flexibility index (Phi) is 5.71. The molecule has 0 bridgehead atoms. The number of fused-ring (bicyclic) bond motifs is 1. The minimum absolute atomic E-state index is 0.167. The molecule has 2 heterocycles. The molecule has 2 N–H and O–H groups in total. The highest BCUT2D eigenvalue weighted by molar-refractivity contribution is 7.20. The number of nitrogens with zero attached hydrogens (tertiary/aromatic N) is 2. The van der Waals surface area contributed by atoms with Crippen molar-refractivity contribution in [3.05, 3.63) is 16.8 Å². The van der Waals surface area contributed by atoms with E-state index >= 15 is 0 Å². The van der Waals surface area contributed by atoms with Gasteiger partial charge in [0, 0.05) is 0 Å². The van der Waals surface area contributed by atoms with E-state index in [1.165, 1.54) is 17.7 Å². The quantitative estimate of drug-likeness (QED) is 0.795. The third-order valence-corrected chi connectivity index (χ3v) is 5.14. The lowest BCUT2D eigenvalue weighted by molar-refractivity contribution is -0.140. The number of nitrogens with one attached hydrogen (secondary N) is 1. The molecule has 0 aromatic carbocycles. The Morgan fingerprint density at radius 2 is 2.08 bits per heavy atom. The average Bonchev–Trinajstić information content (AvgIpc) is 2.90. The lowest BCUT2D eigenvalue weighted by Gasteiger charge is -2.19. The number of aromatic nitrogens is 2. The lowest BCUT2D eigenvalue weighted by atomic mass is 9.99. The molecule has 2 aromatic heterocycles. The average molecular weight is 351 g/mol. The van der Waals surface area contributed by atoms with Crippen molar-refractivity contribution < 1.29 is 19.4 Å². The van der Waals surface area contributed by atoms with Gasteiger partial charge in [-0.2, -0.15) is 0 Å². The number of hydrogen-bond acceptors (Lipinski definition) is 6. The van der Waals surface area contributed by atoms with Gasteiger partial charge in [-0.1, -0.05) is 20.3 Å². The second-order valence-electron chi connectivity index (χ2n) is 5.52. The molecule has 1 amide bonds. The first-order chi connectivity index (χ1) is 11.4. The number of amides is 1. The van der Waals surface area contributed by atoms with E-state index < -0.39 is 17.9 Å². The fourth-order valence-corrected chi connectivity index (χ4v) is 3.43. The molecule has 24 heavy (non-hydrogen) atoms. The summed E-state index contributed by atoms with van der Waals surface area (Å²) in [5.74, 6) is -1.18. The third kappa shape index (κ3) is 3.48. The summed E-state index contributed by atoms with van der Waals surface area (Å²) in [6, 6.07) is -0.926. The van der Waals surface area contributed by atoms with Gasteiger partial charge in [-0.05, 0) is 25.3 Å². The van der Waals surface area contributed by atoms with Crippen LogP contribution in [0, 0.1) is 12.8 Å². The number of hydrogen-bond donors (Lipinski definition) is 2. The minimum Gasteiger partial charge on any atom is -0.480 e. The van der Waals surface area contributed by atoms with Crippen molar-refractivity contribution in [2.24, 2.45) is 5.92 Å². The molecule has 2 aromatic rings. The Balaban J connectivity index is 2.38. The lowest BCUT2D eigenvalue weighted by Crippen LogP contribution is -2.44. The van der Waals surface area contributed by atoms with Gasteiger partial charge in [0.2, 0.25) is 5.88 Å². The zero-order valence-corrected chi connectivity index (χ0v) is 14.9. The Morgan fingerprint density at radius 3 is 2.67 bits per heavy atom. The maximum absolute atomic E-state index is 12.6. The summed E-state index contributed by atoms with van der Waals surface area (Å²) >= 11 is 1.21. The maximum Gasteiger partial charge on any atom is 0.326 e. The first-order valence-electron chi connectivity index (χ1n) is 7.81. The molecular weight excluding hydrogens is 330 g/mol. The largest absolute Gasteiger partial charge is 0.480 e. The van der Waals surface area contributed by atoms with E-state index in [4.69, 9.17) is 4.74 Å². The van der Waals surface area contributed by atoms with Gasteiger partial charge in [-0.3, -0.25) is 4.79 Å². The van der Waals surface area contributed by atoms with Crippen LogP contribution in [0.1, 0.15) is 42.4 Å². The van der Waals surface area contributed by atoms with E-state index in [1.54, 1.807) is 13.8 Å². The molecule has 0 aliphatic rings. The van der Waals surface area contributed by atoms with Crippen LogP contribution in [-0.4, -0.2) is 39.6 Å². The molecule has 0 spiro atoms. The molecule has 130 valence electrons. The van der Waals surface area contributed by atoms with Crippen LogP contribution in [0.25, 0.3) is 10.2 Å². The molecule has 2 unspecified atom stereocenters. The molecular formula is C16H21N3O4S. The van der Waals surface area contributed by atoms with Gasteiger partial charge in [0.05, 0.1) is 16.9 Å². The van der Waals surface area contributed by atoms with Crippen molar-refractivity contribution in [3.63, 3.8) is 0 Å². The Labute approximate surface area is 144 Å². The van der Waals surface area contributed by atoms with Crippen molar-refractivity contribution in [1.82, 2.24) is 15.3 Å². The number of carbonyl (C=O) groups excluding carboxylic acids is 1. The van der Waals surface area contributed by atoms with Gasteiger partial charge >= 0.3 is 5.97 Å². The van der Waals surface area contributed by atoms with Gasteiger partial charge in [-0.25, -0.2) is 14.8 Å². The van der Waals surface area contributed by atoms with Crippen LogP contribution in [0.5, 0.6) is 5.88 Å². The van der Waals surface area contributed by atoms with Crippen LogP contribution in [-0.2, 0) is 4.79 Å². The molecule has 0 aliphatic heterocycles. The van der Waals surface area contributed by atoms with Gasteiger partial charge in [0.15, 0.2) is 0 Å². The zero-order chi connectivity index (χ0) is 17.9. The summed E-state index contributed by atoms with van der Waals surface area (Å²) in [6.07, 6.45) is 2.05. The second-order valence-corrected chi connectivity index (χ2v) is 6.52. The van der Waals surface area contributed by atoms with Gasteiger partial charge in [0.1, 0.15) is 17.2 Å². The summed E-state index contributed by atoms with van der Waals surface area (Å²) in [5, 5.41) is 12.7. The number of carboxylic acid groups (broad SMARTS) is 1. The molecule has 7 nitrogen and oxygen atoms in total. The fraction of sp³-hybridized carbons (Fsp3) is 0.500. The molecule has 0 radical (unpaired) electrons. The van der Waals surface area contributed by atoms with Crippen LogP contribution in [0.3, 0.4) is 0 Å². The summed E-state index contributed by atoms with van der Waals surface area (Å²) < 4.78 is 5.50. The number of carboxylic acids is 1. The topological polar surface area (TPSA) is 101 Å².